The number of nitrogens with two attached hydrogens (primary N) is 1. The minimum Gasteiger partial charge on any atom is -0.463 e. The number of aryl methyl sites for hydroxylation is 1. The van der Waals surface area contributed by atoms with E-state index in [0.29, 0.717) is 18.0 Å². The number of aromatic nitrogens is 3. The fourth-order valence-electron chi connectivity index (χ4n) is 2.64. The number of fused-ring (bicyclic) bond motifs is 1. The van der Waals surface area contributed by atoms with Crippen molar-refractivity contribution in [1.82, 2.24) is 15.0 Å². The molecule has 0 aliphatic carbocycles. The lowest BCUT2D eigenvalue weighted by Gasteiger charge is -2.28. The summed E-state index contributed by atoms with van der Waals surface area (Å²) in [5, 5.41) is 0. The van der Waals surface area contributed by atoms with E-state index in [2.05, 4.69) is 15.0 Å². The van der Waals surface area contributed by atoms with Gasteiger partial charge in [-0.2, -0.15) is 9.97 Å². The van der Waals surface area contributed by atoms with Crippen LogP contribution in [0.4, 0.5) is 11.6 Å². The summed E-state index contributed by atoms with van der Waals surface area (Å²) in [5.74, 6) is -0.660. The zero-order valence-corrected chi connectivity index (χ0v) is 14.9. The van der Waals surface area contributed by atoms with Gasteiger partial charge in [0.25, 0.3) is 5.91 Å². The van der Waals surface area contributed by atoms with Crippen LogP contribution in [0.2, 0.25) is 0 Å². The molecule has 136 valence electrons. The number of nitrogens with zero attached hydrogens (tertiary/aromatic N) is 4. The van der Waals surface area contributed by atoms with Gasteiger partial charge in [0, 0.05) is 23.9 Å². The van der Waals surface area contributed by atoms with E-state index < -0.39 is 11.7 Å². The highest BCUT2D eigenvalue weighted by Gasteiger charge is 2.35. The van der Waals surface area contributed by atoms with Crippen molar-refractivity contribution < 1.29 is 14.3 Å². The van der Waals surface area contributed by atoms with Crippen molar-refractivity contribution in [2.45, 2.75) is 39.7 Å². The second-order valence-electron chi connectivity index (χ2n) is 6.19. The normalized spacial score (nSPS) is 13.7. The van der Waals surface area contributed by atoms with Gasteiger partial charge in [-0.25, -0.2) is 0 Å². The molecule has 0 radical (unpaired) electrons. The number of carbonyl (C=O) groups excluding carboxylic acids is 2. The summed E-state index contributed by atoms with van der Waals surface area (Å²) in [6.07, 6.45) is 3.40. The third-order valence-electron chi connectivity index (χ3n) is 4.12. The number of ether oxygens (including phenoxy) is 1. The van der Waals surface area contributed by atoms with Gasteiger partial charge >= 0.3 is 6.01 Å². The minimum atomic E-state index is -0.615. The average molecular weight is 355 g/mol. The number of rotatable bonds is 6. The molecule has 1 amide bonds. The highest BCUT2D eigenvalue weighted by molar-refractivity contribution is 6.43. The first-order chi connectivity index (χ1) is 12.5. The van der Waals surface area contributed by atoms with E-state index in [1.165, 1.54) is 4.90 Å². The highest BCUT2D eigenvalue weighted by Crippen LogP contribution is 2.31. The van der Waals surface area contributed by atoms with Crippen molar-refractivity contribution in [3.05, 3.63) is 35.2 Å². The van der Waals surface area contributed by atoms with Crippen molar-refractivity contribution in [2.75, 3.05) is 17.2 Å². The quantitative estimate of drug-likeness (QED) is 0.619. The fraction of sp³-hybridized carbons (Fsp3) is 0.389. The lowest BCUT2D eigenvalue weighted by atomic mass is 10.0. The molecule has 0 aromatic carbocycles. The third-order valence-corrected chi connectivity index (χ3v) is 4.12. The van der Waals surface area contributed by atoms with Gasteiger partial charge in [0.2, 0.25) is 5.78 Å². The largest absolute Gasteiger partial charge is 0.463 e. The first kappa shape index (κ1) is 17.8. The van der Waals surface area contributed by atoms with E-state index in [1.807, 2.05) is 26.0 Å². The molecule has 2 aromatic heterocycles. The van der Waals surface area contributed by atoms with Crippen LogP contribution in [0.5, 0.6) is 6.01 Å². The Kier molecular flexibility index (Phi) is 5.11. The average Bonchev–Trinajstić information content (AvgIpc) is 2.62. The topological polar surface area (TPSA) is 111 Å². The number of amides is 1. The van der Waals surface area contributed by atoms with Crippen LogP contribution >= 0.6 is 0 Å². The van der Waals surface area contributed by atoms with E-state index in [-0.39, 0.29) is 24.8 Å². The molecule has 1 aliphatic rings. The molecule has 26 heavy (non-hydrogen) atoms. The van der Waals surface area contributed by atoms with Crippen molar-refractivity contribution in [3.8, 4) is 6.01 Å². The predicted octanol–water partition coefficient (Wildman–Crippen LogP) is 1.60. The Hall–Kier alpha value is -3.03. The molecule has 2 aromatic rings. The SMILES string of the molecule is CCCCOc1nc(N)c2c(n1)N(Cc1ccc(C)nc1)C(=O)C(=O)C2. The molecule has 0 saturated heterocycles. The molecule has 2 N–H and O–H groups in total. The van der Waals surface area contributed by atoms with Crippen molar-refractivity contribution in [2.24, 2.45) is 0 Å². The summed E-state index contributed by atoms with van der Waals surface area (Å²) in [5.41, 5.74) is 8.11. The van der Waals surface area contributed by atoms with Crippen LogP contribution in [0, 0.1) is 6.92 Å². The Balaban J connectivity index is 1.95. The maximum atomic E-state index is 12.5. The Bertz CT molecular complexity index is 835. The summed E-state index contributed by atoms with van der Waals surface area (Å²) in [6.45, 7) is 4.56. The number of anilines is 2. The smallest absolute Gasteiger partial charge is 0.320 e. The van der Waals surface area contributed by atoms with Gasteiger partial charge in [0.15, 0.2) is 0 Å². The second-order valence-corrected chi connectivity index (χ2v) is 6.19. The number of hydrogen-bond donors (Lipinski definition) is 1. The number of carbonyl (C=O) groups is 2. The predicted molar refractivity (Wildman–Crippen MR) is 95.7 cm³/mol. The number of ketones is 1. The first-order valence-electron chi connectivity index (χ1n) is 8.55. The van der Waals surface area contributed by atoms with Crippen molar-refractivity contribution >= 4 is 23.3 Å². The number of unbranched alkanes of at least 4 members (excludes halogenated alkanes) is 1. The molecule has 3 heterocycles. The third kappa shape index (κ3) is 3.63. The molecule has 0 atom stereocenters. The lowest BCUT2D eigenvalue weighted by molar-refractivity contribution is -0.136. The van der Waals surface area contributed by atoms with Crippen LogP contribution in [0.25, 0.3) is 0 Å². The van der Waals surface area contributed by atoms with Gasteiger partial charge in [-0.05, 0) is 25.0 Å². The maximum absolute atomic E-state index is 12.5. The Labute approximate surface area is 151 Å². The summed E-state index contributed by atoms with van der Waals surface area (Å²) >= 11 is 0. The number of nitrogen functional groups attached to an aromatic ring is 1. The standard InChI is InChI=1S/C18H21N5O3/c1-3-4-7-26-18-21-15(19)13-8-14(24)17(25)23(16(13)22-18)10-12-6-5-11(2)20-9-12/h5-6,9H,3-4,7-8,10H2,1-2H3,(H2,19,21,22). The van der Waals surface area contributed by atoms with E-state index in [0.717, 1.165) is 24.1 Å². The first-order valence-corrected chi connectivity index (χ1v) is 8.55. The van der Waals surface area contributed by atoms with Crippen LogP contribution < -0.4 is 15.4 Å². The molecule has 0 saturated carbocycles. The van der Waals surface area contributed by atoms with E-state index >= 15 is 0 Å². The highest BCUT2D eigenvalue weighted by atomic mass is 16.5. The van der Waals surface area contributed by atoms with Crippen molar-refractivity contribution in [1.29, 1.82) is 0 Å². The Morgan fingerprint density at radius 2 is 2.08 bits per heavy atom. The van der Waals surface area contributed by atoms with Crippen LogP contribution in [-0.2, 0) is 22.6 Å². The molecule has 0 spiro atoms. The van der Waals surface area contributed by atoms with Crippen LogP contribution in [0.15, 0.2) is 18.3 Å². The molecule has 0 bridgehead atoms. The van der Waals surface area contributed by atoms with Gasteiger partial charge in [0.05, 0.1) is 13.2 Å². The van der Waals surface area contributed by atoms with Gasteiger partial charge in [-0.1, -0.05) is 19.4 Å². The molecule has 8 heteroatoms. The van der Waals surface area contributed by atoms with Crippen LogP contribution in [0.1, 0.15) is 36.6 Å². The van der Waals surface area contributed by atoms with Gasteiger partial charge in [-0.3, -0.25) is 19.5 Å². The second kappa shape index (κ2) is 7.47. The Morgan fingerprint density at radius 1 is 1.27 bits per heavy atom. The monoisotopic (exact) mass is 355 g/mol. The molecule has 1 aliphatic heterocycles. The summed E-state index contributed by atoms with van der Waals surface area (Å²) < 4.78 is 5.53. The van der Waals surface area contributed by atoms with Crippen LogP contribution in [-0.4, -0.2) is 33.2 Å². The van der Waals surface area contributed by atoms with Crippen LogP contribution in [0.3, 0.4) is 0 Å². The number of Topliss-reactive ketones (excluding diaryl/α,β-unsaturated/α-hetero) is 1. The Morgan fingerprint density at radius 3 is 2.77 bits per heavy atom. The minimum absolute atomic E-state index is 0.0993. The zero-order chi connectivity index (χ0) is 18.7. The zero-order valence-electron chi connectivity index (χ0n) is 14.9. The van der Waals surface area contributed by atoms with Crippen molar-refractivity contribution in [3.63, 3.8) is 0 Å². The summed E-state index contributed by atoms with van der Waals surface area (Å²) in [4.78, 5) is 38.6. The lowest BCUT2D eigenvalue weighted by Crippen LogP contribution is -2.42. The number of pyridine rings is 1. The molecule has 0 unspecified atom stereocenters. The van der Waals surface area contributed by atoms with E-state index in [4.69, 9.17) is 10.5 Å². The van der Waals surface area contributed by atoms with Gasteiger partial charge in [-0.15, -0.1) is 0 Å². The maximum Gasteiger partial charge on any atom is 0.320 e. The summed E-state index contributed by atoms with van der Waals surface area (Å²) in [6, 6.07) is 3.82. The van der Waals surface area contributed by atoms with Gasteiger partial charge in [0.1, 0.15) is 11.6 Å². The molecular formula is C18H21N5O3. The molecule has 8 nitrogen and oxygen atoms in total. The van der Waals surface area contributed by atoms with E-state index in [1.54, 1.807) is 6.20 Å². The molecular weight excluding hydrogens is 334 g/mol. The van der Waals surface area contributed by atoms with Gasteiger partial charge < -0.3 is 10.5 Å². The molecule has 0 fully saturated rings. The fourth-order valence-corrected chi connectivity index (χ4v) is 2.64. The molecule has 3 rings (SSSR count). The number of hydrogen-bond acceptors (Lipinski definition) is 7. The van der Waals surface area contributed by atoms with E-state index in [9.17, 15) is 9.59 Å². The summed E-state index contributed by atoms with van der Waals surface area (Å²) in [7, 11) is 0.